The minimum absolute atomic E-state index is 0.105. The van der Waals surface area contributed by atoms with Crippen LogP contribution in [0.2, 0.25) is 0 Å². The molecule has 0 spiro atoms. The third-order valence-corrected chi connectivity index (χ3v) is 4.01. The van der Waals surface area contributed by atoms with E-state index in [1.807, 2.05) is 11.8 Å². The van der Waals surface area contributed by atoms with Crippen molar-refractivity contribution in [2.45, 2.75) is 48.9 Å². The summed E-state index contributed by atoms with van der Waals surface area (Å²) in [4.78, 5) is 1.35. The lowest BCUT2D eigenvalue weighted by Crippen LogP contribution is -2.35. The van der Waals surface area contributed by atoms with Crippen LogP contribution >= 0.6 is 11.8 Å². The zero-order valence-electron chi connectivity index (χ0n) is 10.7. The van der Waals surface area contributed by atoms with E-state index < -0.39 is 0 Å². The van der Waals surface area contributed by atoms with Gasteiger partial charge in [-0.25, -0.2) is 0 Å². The van der Waals surface area contributed by atoms with Crippen molar-refractivity contribution < 1.29 is 0 Å². The Kier molecular flexibility index (Phi) is 4.13. The summed E-state index contributed by atoms with van der Waals surface area (Å²) in [7, 11) is 0. The first-order valence-corrected chi connectivity index (χ1v) is 7.21. The van der Waals surface area contributed by atoms with Crippen LogP contribution in [0.25, 0.3) is 0 Å². The summed E-state index contributed by atoms with van der Waals surface area (Å²) in [5, 5.41) is 4.08. The number of benzene rings is 1. The fourth-order valence-corrected chi connectivity index (χ4v) is 2.59. The standard InChI is InChI=1S/C14H22N2S/c1-11(2)17-13-5-3-12(4-6-13)9-16-10-14(15)7-8-14/h3-6,11,16H,7-10,15H2,1-2H3. The molecule has 0 atom stereocenters. The summed E-state index contributed by atoms with van der Waals surface area (Å²) >= 11 is 1.90. The number of hydrogen-bond acceptors (Lipinski definition) is 3. The van der Waals surface area contributed by atoms with Gasteiger partial charge in [-0.05, 0) is 30.5 Å². The summed E-state index contributed by atoms with van der Waals surface area (Å²) in [5.41, 5.74) is 7.46. The van der Waals surface area contributed by atoms with Gasteiger partial charge in [0.1, 0.15) is 0 Å². The van der Waals surface area contributed by atoms with Gasteiger partial charge in [-0.1, -0.05) is 26.0 Å². The molecule has 2 nitrogen and oxygen atoms in total. The van der Waals surface area contributed by atoms with Crippen LogP contribution in [0.5, 0.6) is 0 Å². The summed E-state index contributed by atoms with van der Waals surface area (Å²) < 4.78 is 0. The molecule has 94 valence electrons. The SMILES string of the molecule is CC(C)Sc1ccc(CNCC2(N)CC2)cc1. The highest BCUT2D eigenvalue weighted by atomic mass is 32.2. The van der Waals surface area contributed by atoms with E-state index in [9.17, 15) is 0 Å². The average molecular weight is 250 g/mol. The van der Waals surface area contributed by atoms with Gasteiger partial charge in [0, 0.05) is 28.8 Å². The quantitative estimate of drug-likeness (QED) is 0.762. The molecular formula is C14H22N2S. The zero-order valence-corrected chi connectivity index (χ0v) is 11.5. The lowest BCUT2D eigenvalue weighted by atomic mass is 10.2. The Hall–Kier alpha value is -0.510. The molecule has 0 radical (unpaired) electrons. The van der Waals surface area contributed by atoms with E-state index in [2.05, 4.69) is 43.4 Å². The van der Waals surface area contributed by atoms with Crippen molar-refractivity contribution in [3.63, 3.8) is 0 Å². The van der Waals surface area contributed by atoms with Crippen molar-refractivity contribution in [3.05, 3.63) is 29.8 Å². The maximum Gasteiger partial charge on any atom is 0.0282 e. The van der Waals surface area contributed by atoms with E-state index in [1.165, 1.54) is 23.3 Å². The number of thioether (sulfide) groups is 1. The van der Waals surface area contributed by atoms with Gasteiger partial charge in [-0.15, -0.1) is 11.8 Å². The molecule has 2 rings (SSSR count). The summed E-state index contributed by atoms with van der Waals surface area (Å²) in [6, 6.07) is 8.82. The summed E-state index contributed by atoms with van der Waals surface area (Å²) in [6.45, 7) is 6.30. The number of hydrogen-bond donors (Lipinski definition) is 2. The van der Waals surface area contributed by atoms with Crippen LogP contribution < -0.4 is 11.1 Å². The fourth-order valence-electron chi connectivity index (χ4n) is 1.75. The number of rotatable bonds is 6. The first-order chi connectivity index (χ1) is 8.07. The lowest BCUT2D eigenvalue weighted by Gasteiger charge is -2.11. The fraction of sp³-hybridized carbons (Fsp3) is 0.571. The van der Waals surface area contributed by atoms with Crippen molar-refractivity contribution in [2.24, 2.45) is 5.73 Å². The Morgan fingerprint density at radius 3 is 2.47 bits per heavy atom. The summed E-state index contributed by atoms with van der Waals surface area (Å²) in [5.74, 6) is 0. The molecule has 3 heteroatoms. The topological polar surface area (TPSA) is 38.0 Å². The monoisotopic (exact) mass is 250 g/mol. The second-order valence-corrected chi connectivity index (χ2v) is 6.93. The predicted octanol–water partition coefficient (Wildman–Crippen LogP) is 2.77. The Morgan fingerprint density at radius 1 is 1.29 bits per heavy atom. The van der Waals surface area contributed by atoms with Crippen LogP contribution in [0.4, 0.5) is 0 Å². The molecule has 0 amide bonds. The average Bonchev–Trinajstić information content (AvgIpc) is 2.99. The van der Waals surface area contributed by atoms with Crippen molar-refractivity contribution in [1.82, 2.24) is 5.32 Å². The Balaban J connectivity index is 1.77. The predicted molar refractivity (Wildman–Crippen MR) is 75.3 cm³/mol. The Labute approximate surface area is 108 Å². The molecule has 1 aliphatic carbocycles. The normalized spacial score (nSPS) is 17.4. The van der Waals surface area contributed by atoms with Gasteiger partial charge in [0.15, 0.2) is 0 Å². The van der Waals surface area contributed by atoms with Crippen LogP contribution in [0.15, 0.2) is 29.2 Å². The maximum atomic E-state index is 6.02. The van der Waals surface area contributed by atoms with Crippen molar-refractivity contribution in [3.8, 4) is 0 Å². The van der Waals surface area contributed by atoms with Gasteiger partial charge in [0.25, 0.3) is 0 Å². The molecule has 0 unspecified atom stereocenters. The number of nitrogens with one attached hydrogen (secondary N) is 1. The van der Waals surface area contributed by atoms with Gasteiger partial charge in [-0.3, -0.25) is 0 Å². The highest BCUT2D eigenvalue weighted by molar-refractivity contribution is 7.99. The first kappa shape index (κ1) is 12.9. The molecule has 0 bridgehead atoms. The molecule has 1 aromatic carbocycles. The largest absolute Gasteiger partial charge is 0.324 e. The molecule has 1 fully saturated rings. The second kappa shape index (κ2) is 5.42. The molecule has 0 heterocycles. The minimum Gasteiger partial charge on any atom is -0.324 e. The van der Waals surface area contributed by atoms with Crippen LogP contribution in [0, 0.1) is 0 Å². The van der Waals surface area contributed by atoms with Crippen molar-refractivity contribution in [2.75, 3.05) is 6.54 Å². The van der Waals surface area contributed by atoms with Crippen molar-refractivity contribution in [1.29, 1.82) is 0 Å². The molecule has 0 saturated heterocycles. The van der Waals surface area contributed by atoms with Crippen LogP contribution in [-0.4, -0.2) is 17.3 Å². The molecule has 1 saturated carbocycles. The van der Waals surface area contributed by atoms with E-state index in [1.54, 1.807) is 0 Å². The van der Waals surface area contributed by atoms with Gasteiger partial charge >= 0.3 is 0 Å². The molecular weight excluding hydrogens is 228 g/mol. The molecule has 1 aliphatic rings. The molecule has 1 aromatic rings. The highest BCUT2D eigenvalue weighted by Gasteiger charge is 2.37. The number of nitrogens with two attached hydrogens (primary N) is 1. The van der Waals surface area contributed by atoms with Gasteiger partial charge in [-0.2, -0.15) is 0 Å². The van der Waals surface area contributed by atoms with E-state index in [4.69, 9.17) is 5.73 Å². The van der Waals surface area contributed by atoms with Gasteiger partial charge in [0.05, 0.1) is 0 Å². The Morgan fingerprint density at radius 2 is 1.94 bits per heavy atom. The highest BCUT2D eigenvalue weighted by Crippen LogP contribution is 2.31. The molecule has 0 aliphatic heterocycles. The van der Waals surface area contributed by atoms with Gasteiger partial charge < -0.3 is 11.1 Å². The Bertz CT molecular complexity index is 355. The third kappa shape index (κ3) is 4.34. The van der Waals surface area contributed by atoms with E-state index in [0.29, 0.717) is 5.25 Å². The van der Waals surface area contributed by atoms with Crippen LogP contribution in [-0.2, 0) is 6.54 Å². The smallest absolute Gasteiger partial charge is 0.0282 e. The summed E-state index contributed by atoms with van der Waals surface area (Å²) in [6.07, 6.45) is 2.34. The molecule has 0 aromatic heterocycles. The van der Waals surface area contributed by atoms with E-state index >= 15 is 0 Å². The molecule has 3 N–H and O–H groups in total. The lowest BCUT2D eigenvalue weighted by molar-refractivity contribution is 0.569. The maximum absolute atomic E-state index is 6.02. The van der Waals surface area contributed by atoms with Crippen LogP contribution in [0.3, 0.4) is 0 Å². The second-order valence-electron chi connectivity index (χ2n) is 5.28. The first-order valence-electron chi connectivity index (χ1n) is 6.33. The zero-order chi connectivity index (χ0) is 12.3. The van der Waals surface area contributed by atoms with Crippen molar-refractivity contribution >= 4 is 11.8 Å². The van der Waals surface area contributed by atoms with E-state index in [0.717, 1.165) is 13.1 Å². The van der Waals surface area contributed by atoms with Gasteiger partial charge in [0.2, 0.25) is 0 Å². The molecule has 17 heavy (non-hydrogen) atoms. The minimum atomic E-state index is 0.105. The third-order valence-electron chi connectivity index (χ3n) is 2.99. The van der Waals surface area contributed by atoms with Crippen LogP contribution in [0.1, 0.15) is 32.3 Å². The van der Waals surface area contributed by atoms with E-state index in [-0.39, 0.29) is 5.54 Å².